The van der Waals surface area contributed by atoms with Gasteiger partial charge in [-0.05, 0) is 48.9 Å². The van der Waals surface area contributed by atoms with Crippen molar-refractivity contribution in [3.05, 3.63) is 58.9 Å². The van der Waals surface area contributed by atoms with E-state index >= 15 is 0 Å². The molecule has 19 heavy (non-hydrogen) atoms. The minimum absolute atomic E-state index is 0.324. The standard InChI is InChI=1S/C15H15ClFNO/c1-2-19-14-7-5-13(6-8-14)18-10-11-3-4-12(17)9-15(11)16/h3-9,18H,2,10H2,1H3. The zero-order valence-corrected chi connectivity index (χ0v) is 11.4. The summed E-state index contributed by atoms with van der Waals surface area (Å²) >= 11 is 5.96. The van der Waals surface area contributed by atoms with Gasteiger partial charge in [0, 0.05) is 17.3 Å². The Morgan fingerprint density at radius 2 is 1.89 bits per heavy atom. The van der Waals surface area contributed by atoms with E-state index in [0.717, 1.165) is 17.0 Å². The van der Waals surface area contributed by atoms with Gasteiger partial charge in [-0.3, -0.25) is 0 Å². The zero-order valence-electron chi connectivity index (χ0n) is 10.6. The molecule has 0 bridgehead atoms. The summed E-state index contributed by atoms with van der Waals surface area (Å²) in [5.41, 5.74) is 1.82. The second kappa shape index (κ2) is 6.43. The van der Waals surface area contributed by atoms with Crippen LogP contribution in [-0.2, 0) is 6.54 Å². The van der Waals surface area contributed by atoms with Crippen molar-refractivity contribution >= 4 is 17.3 Å². The van der Waals surface area contributed by atoms with E-state index in [2.05, 4.69) is 5.32 Å². The Morgan fingerprint density at radius 1 is 1.16 bits per heavy atom. The molecule has 0 heterocycles. The Labute approximate surface area is 117 Å². The van der Waals surface area contributed by atoms with E-state index in [1.165, 1.54) is 12.1 Å². The van der Waals surface area contributed by atoms with Gasteiger partial charge in [0.2, 0.25) is 0 Å². The largest absolute Gasteiger partial charge is 0.494 e. The Kier molecular flexibility index (Phi) is 4.63. The van der Waals surface area contributed by atoms with Gasteiger partial charge in [0.25, 0.3) is 0 Å². The van der Waals surface area contributed by atoms with E-state index < -0.39 is 0 Å². The number of halogens is 2. The number of anilines is 1. The number of benzene rings is 2. The lowest BCUT2D eigenvalue weighted by Gasteiger charge is -2.09. The van der Waals surface area contributed by atoms with Crippen LogP contribution in [-0.4, -0.2) is 6.61 Å². The first-order valence-electron chi connectivity index (χ1n) is 6.09. The molecule has 2 aromatic carbocycles. The summed E-state index contributed by atoms with van der Waals surface area (Å²) < 4.78 is 18.3. The highest BCUT2D eigenvalue weighted by Crippen LogP contribution is 2.20. The maximum Gasteiger partial charge on any atom is 0.124 e. The maximum absolute atomic E-state index is 12.9. The minimum Gasteiger partial charge on any atom is -0.494 e. The number of nitrogens with one attached hydrogen (secondary N) is 1. The van der Waals surface area contributed by atoms with Crippen LogP contribution in [0, 0.1) is 5.82 Å². The van der Waals surface area contributed by atoms with Crippen molar-refractivity contribution in [3.8, 4) is 5.75 Å². The van der Waals surface area contributed by atoms with Crippen molar-refractivity contribution in [2.75, 3.05) is 11.9 Å². The molecule has 0 aliphatic rings. The molecular formula is C15H15ClFNO. The van der Waals surface area contributed by atoms with Crippen molar-refractivity contribution < 1.29 is 9.13 Å². The molecule has 0 saturated carbocycles. The van der Waals surface area contributed by atoms with Crippen LogP contribution in [0.2, 0.25) is 5.02 Å². The summed E-state index contributed by atoms with van der Waals surface area (Å²) in [5.74, 6) is 0.516. The Bertz CT molecular complexity index is 542. The highest BCUT2D eigenvalue weighted by Gasteiger charge is 2.02. The van der Waals surface area contributed by atoms with Gasteiger partial charge >= 0.3 is 0 Å². The van der Waals surface area contributed by atoms with Crippen molar-refractivity contribution in [1.29, 1.82) is 0 Å². The van der Waals surface area contributed by atoms with Gasteiger partial charge in [-0.25, -0.2) is 4.39 Å². The molecule has 2 aromatic rings. The average molecular weight is 280 g/mol. The molecule has 4 heteroatoms. The molecule has 1 N–H and O–H groups in total. The monoisotopic (exact) mass is 279 g/mol. The SMILES string of the molecule is CCOc1ccc(NCc2ccc(F)cc2Cl)cc1. The summed E-state index contributed by atoms with van der Waals surface area (Å²) in [6.07, 6.45) is 0. The van der Waals surface area contributed by atoms with E-state index in [4.69, 9.17) is 16.3 Å². The third kappa shape index (κ3) is 3.86. The Morgan fingerprint density at radius 3 is 2.53 bits per heavy atom. The van der Waals surface area contributed by atoms with Gasteiger partial charge in [-0.2, -0.15) is 0 Å². The van der Waals surface area contributed by atoms with E-state index in [1.807, 2.05) is 31.2 Å². The fourth-order valence-corrected chi connectivity index (χ4v) is 1.93. The predicted octanol–water partition coefficient (Wildman–Crippen LogP) is 4.49. The van der Waals surface area contributed by atoms with Crippen molar-refractivity contribution in [3.63, 3.8) is 0 Å². The molecule has 0 atom stereocenters. The molecule has 100 valence electrons. The van der Waals surface area contributed by atoms with Crippen LogP contribution in [0.4, 0.5) is 10.1 Å². The van der Waals surface area contributed by atoms with Crippen LogP contribution in [0.5, 0.6) is 5.75 Å². The molecule has 0 aromatic heterocycles. The molecule has 0 fully saturated rings. The third-order valence-electron chi connectivity index (χ3n) is 2.66. The molecule has 0 unspecified atom stereocenters. The van der Waals surface area contributed by atoms with Gasteiger partial charge in [-0.15, -0.1) is 0 Å². The number of hydrogen-bond donors (Lipinski definition) is 1. The molecule has 0 saturated heterocycles. The van der Waals surface area contributed by atoms with Gasteiger partial charge in [0.1, 0.15) is 11.6 Å². The van der Waals surface area contributed by atoms with Crippen LogP contribution in [0.25, 0.3) is 0 Å². The zero-order chi connectivity index (χ0) is 13.7. The summed E-state index contributed by atoms with van der Waals surface area (Å²) in [5, 5.41) is 3.66. The molecule has 2 rings (SSSR count). The minimum atomic E-state index is -0.324. The van der Waals surface area contributed by atoms with E-state index in [9.17, 15) is 4.39 Å². The van der Waals surface area contributed by atoms with Crippen molar-refractivity contribution in [2.45, 2.75) is 13.5 Å². The van der Waals surface area contributed by atoms with Crippen LogP contribution < -0.4 is 10.1 Å². The summed E-state index contributed by atoms with van der Waals surface area (Å²) in [6.45, 7) is 3.15. The lowest BCUT2D eigenvalue weighted by Crippen LogP contribution is -2.00. The molecule has 0 aliphatic heterocycles. The Hall–Kier alpha value is -1.74. The number of hydrogen-bond acceptors (Lipinski definition) is 2. The number of ether oxygens (including phenoxy) is 1. The average Bonchev–Trinajstić information content (AvgIpc) is 2.40. The van der Waals surface area contributed by atoms with Crippen LogP contribution in [0.1, 0.15) is 12.5 Å². The Balaban J connectivity index is 1.98. The maximum atomic E-state index is 12.9. The predicted molar refractivity (Wildman–Crippen MR) is 76.3 cm³/mol. The second-order valence-electron chi connectivity index (χ2n) is 4.05. The molecule has 0 radical (unpaired) electrons. The second-order valence-corrected chi connectivity index (χ2v) is 4.45. The van der Waals surface area contributed by atoms with Gasteiger partial charge in [0.15, 0.2) is 0 Å². The topological polar surface area (TPSA) is 21.3 Å². The molecular weight excluding hydrogens is 265 g/mol. The summed E-state index contributed by atoms with van der Waals surface area (Å²) in [7, 11) is 0. The lowest BCUT2D eigenvalue weighted by atomic mass is 10.2. The highest BCUT2D eigenvalue weighted by molar-refractivity contribution is 6.31. The van der Waals surface area contributed by atoms with Gasteiger partial charge in [-0.1, -0.05) is 17.7 Å². The van der Waals surface area contributed by atoms with Crippen molar-refractivity contribution in [2.24, 2.45) is 0 Å². The third-order valence-corrected chi connectivity index (χ3v) is 3.02. The van der Waals surface area contributed by atoms with E-state index in [0.29, 0.717) is 18.2 Å². The van der Waals surface area contributed by atoms with Crippen LogP contribution >= 0.6 is 11.6 Å². The summed E-state index contributed by atoms with van der Waals surface area (Å²) in [6, 6.07) is 12.1. The quantitative estimate of drug-likeness (QED) is 0.871. The van der Waals surface area contributed by atoms with E-state index in [1.54, 1.807) is 6.07 Å². The first-order chi connectivity index (χ1) is 9.19. The molecule has 0 spiro atoms. The summed E-state index contributed by atoms with van der Waals surface area (Å²) in [4.78, 5) is 0. The first-order valence-corrected chi connectivity index (χ1v) is 6.47. The highest BCUT2D eigenvalue weighted by atomic mass is 35.5. The fourth-order valence-electron chi connectivity index (χ4n) is 1.70. The molecule has 2 nitrogen and oxygen atoms in total. The van der Waals surface area contributed by atoms with Gasteiger partial charge < -0.3 is 10.1 Å². The fraction of sp³-hybridized carbons (Fsp3) is 0.200. The van der Waals surface area contributed by atoms with Crippen LogP contribution in [0.3, 0.4) is 0 Å². The smallest absolute Gasteiger partial charge is 0.124 e. The van der Waals surface area contributed by atoms with Crippen molar-refractivity contribution in [1.82, 2.24) is 0 Å². The molecule has 0 amide bonds. The van der Waals surface area contributed by atoms with Gasteiger partial charge in [0.05, 0.1) is 6.61 Å². The normalized spacial score (nSPS) is 10.3. The van der Waals surface area contributed by atoms with E-state index in [-0.39, 0.29) is 5.82 Å². The number of rotatable bonds is 5. The lowest BCUT2D eigenvalue weighted by molar-refractivity contribution is 0.340. The first kappa shape index (κ1) is 13.7. The molecule has 0 aliphatic carbocycles. The van der Waals surface area contributed by atoms with Crippen LogP contribution in [0.15, 0.2) is 42.5 Å².